The normalized spacial score (nSPS) is 23.3. The van der Waals surface area contributed by atoms with Gasteiger partial charge in [0.1, 0.15) is 41.7 Å². The van der Waals surface area contributed by atoms with E-state index in [9.17, 15) is 33.9 Å². The third kappa shape index (κ3) is 19.8. The summed E-state index contributed by atoms with van der Waals surface area (Å²) in [7, 11) is 0. The zero-order valence-corrected chi connectivity index (χ0v) is 71.2. The van der Waals surface area contributed by atoms with Crippen molar-refractivity contribution in [3.63, 3.8) is 0 Å². The number of unbranched alkanes of at least 4 members (excludes halogenated alkanes) is 4. The minimum atomic E-state index is -0.598. The first-order valence-corrected chi connectivity index (χ1v) is 44.8. The third-order valence-corrected chi connectivity index (χ3v) is 26.8. The van der Waals surface area contributed by atoms with E-state index in [-0.39, 0.29) is 60.1 Å². The molecule has 6 amide bonds. The lowest BCUT2D eigenvalue weighted by molar-refractivity contribution is -0.138. The Morgan fingerprint density at radius 3 is 1.26 bits per heavy atom. The number of imide groups is 2. The van der Waals surface area contributed by atoms with Crippen LogP contribution in [0.4, 0.5) is 11.4 Å². The van der Waals surface area contributed by atoms with E-state index >= 15 is 0 Å². The molecule has 0 radical (unpaired) electrons. The number of rotatable bonds is 25. The van der Waals surface area contributed by atoms with Crippen molar-refractivity contribution in [3.05, 3.63) is 285 Å². The smallest absolute Gasteiger partial charge is 0.255 e. The van der Waals surface area contributed by atoms with Gasteiger partial charge in [0.05, 0.1) is 13.2 Å². The minimum Gasteiger partial charge on any atom is -0.508 e. The molecule has 5 saturated heterocycles. The van der Waals surface area contributed by atoms with Crippen molar-refractivity contribution < 1.29 is 52.8 Å². The van der Waals surface area contributed by atoms with Gasteiger partial charge >= 0.3 is 0 Å². The van der Waals surface area contributed by atoms with Gasteiger partial charge in [0.2, 0.25) is 23.6 Å². The number of amides is 6. The molecule has 0 saturated carbocycles. The van der Waals surface area contributed by atoms with Gasteiger partial charge in [0.25, 0.3) is 11.8 Å². The predicted octanol–water partition coefficient (Wildman–Crippen LogP) is 17.0. The van der Waals surface area contributed by atoms with Crippen LogP contribution in [0.2, 0.25) is 0 Å². The Morgan fingerprint density at radius 1 is 0.402 bits per heavy atom. The van der Waals surface area contributed by atoms with Crippen LogP contribution >= 0.6 is 0 Å². The van der Waals surface area contributed by atoms with Gasteiger partial charge < -0.3 is 43.7 Å². The Balaban J connectivity index is 0.000000172. The SMILES string of the molecule is C1CCOC1.C[C@@H]1CN(c2ccc3c(c2)CN(C2CCC(=O)NC2=O)C3=O)C[C@H](C)N1CCCCCOc1ccc([C@@H]2c3ccc(O)cc3CC[C@@H]2c2ccccc2)cc1.C[C@@H]1CN(c2ccc3c(c2)CN(C2CCC(=O)NC2=O)C3=O)C[C@H](C)N1CCCCCOc1ccc([C@@H]2c3ccc(OCc4ccccc4)cc3CC[C@@H]2c2ccccc2)cc1. The molecule has 7 heterocycles. The summed E-state index contributed by atoms with van der Waals surface area (Å²) in [6.45, 7) is 19.7. The van der Waals surface area contributed by atoms with E-state index in [0.29, 0.717) is 98.6 Å². The second-order valence-corrected chi connectivity index (χ2v) is 35.0. The summed E-state index contributed by atoms with van der Waals surface area (Å²) in [6.07, 6.45) is 14.4. The first-order chi connectivity index (χ1) is 59.5. The molecule has 0 spiro atoms. The molecule has 636 valence electrons. The number of carbonyl (C=O) groups excluding carboxylic acids is 6. The summed E-state index contributed by atoms with van der Waals surface area (Å²) in [5, 5.41) is 14.9. The van der Waals surface area contributed by atoms with E-state index in [4.69, 9.17) is 18.9 Å². The quantitative estimate of drug-likeness (QED) is 0.0360. The van der Waals surface area contributed by atoms with Gasteiger partial charge in [-0.1, -0.05) is 127 Å². The average molecular weight is 1640 g/mol. The van der Waals surface area contributed by atoms with Crippen LogP contribution in [-0.2, 0) is 56.5 Å². The lowest BCUT2D eigenvalue weighted by atomic mass is 9.69. The number of phenols is 1. The van der Waals surface area contributed by atoms with Crippen molar-refractivity contribution >= 4 is 46.8 Å². The maximum atomic E-state index is 13.2. The molecule has 9 aliphatic rings. The van der Waals surface area contributed by atoms with E-state index in [2.05, 4.69) is 228 Å². The summed E-state index contributed by atoms with van der Waals surface area (Å²) in [4.78, 5) is 88.1. The highest BCUT2D eigenvalue weighted by Gasteiger charge is 2.43. The van der Waals surface area contributed by atoms with Crippen LogP contribution < -0.4 is 34.6 Å². The number of ether oxygens (including phenoxy) is 4. The van der Waals surface area contributed by atoms with Crippen LogP contribution in [-0.4, -0.2) is 162 Å². The number of piperazine rings is 2. The van der Waals surface area contributed by atoms with Crippen molar-refractivity contribution in [2.45, 2.75) is 210 Å². The first-order valence-electron chi connectivity index (χ1n) is 44.8. The van der Waals surface area contributed by atoms with Crippen molar-refractivity contribution in [2.75, 3.05) is 75.5 Å². The number of carbonyl (C=O) groups is 6. The topological polar surface area (TPSA) is 203 Å². The van der Waals surface area contributed by atoms with Crippen molar-refractivity contribution in [1.82, 2.24) is 30.2 Å². The number of aryl methyl sites for hydroxylation is 2. The predicted molar refractivity (Wildman–Crippen MR) is 476 cm³/mol. The summed E-state index contributed by atoms with van der Waals surface area (Å²) < 4.78 is 23.7. The van der Waals surface area contributed by atoms with Crippen LogP contribution in [0.25, 0.3) is 0 Å². The van der Waals surface area contributed by atoms with Crippen LogP contribution in [0, 0.1) is 0 Å². The molecule has 19 nitrogen and oxygen atoms in total. The molecule has 0 bridgehead atoms. The fraction of sp³-hybridized carbons (Fsp3) is 0.417. The van der Waals surface area contributed by atoms with E-state index < -0.39 is 12.1 Å². The van der Waals surface area contributed by atoms with Gasteiger partial charge in [-0.2, -0.15) is 0 Å². The number of phenolic OH excluding ortho intramolecular Hbond substituents is 1. The van der Waals surface area contributed by atoms with Crippen LogP contribution in [0.15, 0.2) is 212 Å². The van der Waals surface area contributed by atoms with Gasteiger partial charge in [0.15, 0.2) is 0 Å². The number of nitrogens with zero attached hydrogens (tertiary/aromatic N) is 6. The van der Waals surface area contributed by atoms with E-state index in [1.165, 1.54) is 62.9 Å². The van der Waals surface area contributed by atoms with Crippen molar-refractivity contribution in [1.29, 1.82) is 0 Å². The number of piperidine rings is 2. The first kappa shape index (κ1) is 84.5. The van der Waals surface area contributed by atoms with Gasteiger partial charge in [-0.3, -0.25) is 49.2 Å². The molecule has 9 aromatic carbocycles. The molecule has 2 aliphatic carbocycles. The summed E-state index contributed by atoms with van der Waals surface area (Å²) >= 11 is 0. The second-order valence-electron chi connectivity index (χ2n) is 35.0. The van der Waals surface area contributed by atoms with Gasteiger partial charge in [0, 0.05) is 124 Å². The molecule has 3 N–H and O–H groups in total. The number of nitrogens with one attached hydrogen (secondary N) is 2. The molecule has 5 fully saturated rings. The number of hydrogen-bond acceptors (Lipinski definition) is 15. The average Bonchev–Trinajstić information content (AvgIpc) is 1.59. The Morgan fingerprint density at radius 2 is 0.828 bits per heavy atom. The number of fused-ring (bicyclic) bond motifs is 4. The maximum absolute atomic E-state index is 13.2. The van der Waals surface area contributed by atoms with Crippen LogP contribution in [0.5, 0.6) is 23.0 Å². The standard InChI is InChI=1S/C53H58N4O5.C46H52N4O5.C4H8O/c1-36-32-55(43-19-24-48-42(30-43)34-57(53(48)60)49-26-27-50(58)54-52(49)59)33-37(2)56(36)28-10-5-11-29-61-44-20-16-40(17-21-44)51-46(39-14-8-4-9-15-39)23-18-41-31-45(22-25-47(41)51)62-35-38-12-6-3-7-13-38;1-30-27-48(36-14-19-41-35(25-36)29-50(46(41)54)42-21-22-43(52)47-45(42)53)28-31(2)49(30)23-7-4-8-24-55-38-16-11-33(12-17-38)44-39(32-9-5-3-6-10-32)18-13-34-26-37(51)15-20-40(34)44;1-2-4-5-3-1/h3-4,6-9,12-17,19-22,24-25,30-31,36-37,46,49,51H,5,10-11,18,23,26-29,32-35H2,1-2H3,(H,54,58,59);3,5-6,9-12,14-17,19-20,25-26,30-31,39,42,44,51H,4,7-8,13,18,21-24,27-29H2,1-2H3,(H,47,52,53);1-4H2/t36-,37+,46-,49?,51+;30-,31+,39-,42?,44+;/m11./s1. The Labute approximate surface area is 719 Å². The zero-order chi connectivity index (χ0) is 84.2. The summed E-state index contributed by atoms with van der Waals surface area (Å²) in [6, 6.07) is 74.7. The number of anilines is 2. The third-order valence-electron chi connectivity index (χ3n) is 26.8. The molecule has 9 aromatic rings. The Hall–Kier alpha value is -11.1. The molecular weight excluding hydrogens is 1530 g/mol. The Kier molecular flexibility index (Phi) is 27.3. The second kappa shape index (κ2) is 39.4. The molecule has 18 rings (SSSR count). The fourth-order valence-electron chi connectivity index (χ4n) is 20.5. The maximum Gasteiger partial charge on any atom is 0.255 e. The van der Waals surface area contributed by atoms with Gasteiger partial charge in [-0.15, -0.1) is 0 Å². The summed E-state index contributed by atoms with van der Waals surface area (Å²) in [5.41, 5.74) is 17.2. The van der Waals surface area contributed by atoms with Gasteiger partial charge in [-0.25, -0.2) is 0 Å². The monoisotopic (exact) mass is 1640 g/mol. The van der Waals surface area contributed by atoms with E-state index in [0.717, 1.165) is 156 Å². The van der Waals surface area contributed by atoms with Crippen molar-refractivity contribution in [2.24, 2.45) is 0 Å². The molecule has 10 atom stereocenters. The zero-order valence-electron chi connectivity index (χ0n) is 71.2. The van der Waals surface area contributed by atoms with E-state index in [1.807, 2.05) is 42.5 Å². The van der Waals surface area contributed by atoms with Crippen molar-refractivity contribution in [3.8, 4) is 23.0 Å². The van der Waals surface area contributed by atoms with Gasteiger partial charge in [-0.05, 0) is 289 Å². The Bertz CT molecular complexity index is 5090. The molecule has 7 aliphatic heterocycles. The highest BCUT2D eigenvalue weighted by molar-refractivity contribution is 6.07. The highest BCUT2D eigenvalue weighted by atomic mass is 16.5. The molecule has 0 aromatic heterocycles. The lowest BCUT2D eigenvalue weighted by Gasteiger charge is -2.45. The number of benzene rings is 9. The lowest BCUT2D eigenvalue weighted by Crippen LogP contribution is -2.57. The number of aromatic hydroxyl groups is 1. The molecule has 2 unspecified atom stereocenters. The van der Waals surface area contributed by atoms with Crippen LogP contribution in [0.1, 0.15) is 223 Å². The molecular formula is C103H118N8O11. The van der Waals surface area contributed by atoms with E-state index in [1.54, 1.807) is 9.80 Å². The largest absolute Gasteiger partial charge is 0.508 e. The molecule has 19 heteroatoms. The van der Waals surface area contributed by atoms with Crippen LogP contribution in [0.3, 0.4) is 0 Å². The highest BCUT2D eigenvalue weighted by Crippen LogP contribution is 2.50. The number of hydrogen-bond donors (Lipinski definition) is 3. The summed E-state index contributed by atoms with van der Waals surface area (Å²) in [5.74, 6) is 2.77. The molecule has 122 heavy (non-hydrogen) atoms. The minimum absolute atomic E-state index is 0.130. The fourth-order valence-corrected chi connectivity index (χ4v) is 20.5.